The van der Waals surface area contributed by atoms with E-state index in [1.165, 1.54) is 54.1 Å². The number of amides is 2. The zero-order chi connectivity index (χ0) is 82.1. The second kappa shape index (κ2) is 33.3. The second-order valence-electron chi connectivity index (χ2n) is 33.2. The molecule has 616 valence electrons. The average molecular weight is 1600 g/mol. The highest BCUT2D eigenvalue weighted by Gasteiger charge is 2.43. The third-order valence-electron chi connectivity index (χ3n) is 27.4. The summed E-state index contributed by atoms with van der Waals surface area (Å²) in [6, 6.07) is 37.1. The minimum atomic E-state index is -0.264. The summed E-state index contributed by atoms with van der Waals surface area (Å²) in [5.41, 5.74) is 14.5. The lowest BCUT2D eigenvalue weighted by Crippen LogP contribution is -2.49. The minimum absolute atomic E-state index is 0.0304. The predicted molar refractivity (Wildman–Crippen MR) is 458 cm³/mol. The van der Waals surface area contributed by atoms with Crippen LogP contribution in [0.2, 0.25) is 0 Å². The normalized spacial score (nSPS) is 19.9. The van der Waals surface area contributed by atoms with E-state index in [1.54, 1.807) is 42.7 Å². The zero-order valence-electron chi connectivity index (χ0n) is 68.2. The van der Waals surface area contributed by atoms with E-state index < -0.39 is 0 Å². The number of carbonyl (C=O) groups excluding carboxylic acids is 2. The number of nitrogens with zero attached hydrogens (tertiary/aromatic N) is 4. The quantitative estimate of drug-likeness (QED) is 0.0285. The van der Waals surface area contributed by atoms with Crippen molar-refractivity contribution in [2.24, 2.45) is 0 Å². The van der Waals surface area contributed by atoms with Crippen LogP contribution in [-0.2, 0) is 91.6 Å². The number of quaternary nitrogens is 1. The summed E-state index contributed by atoms with van der Waals surface area (Å²) in [5.74, 6) is 4.13. The van der Waals surface area contributed by atoms with Crippen molar-refractivity contribution in [3.63, 3.8) is 0 Å². The Morgan fingerprint density at radius 3 is 1.31 bits per heavy atom. The van der Waals surface area contributed by atoms with Gasteiger partial charge in [0.05, 0.1) is 119 Å². The number of benzene rings is 12. The number of methoxy groups -OCH3 is 6. The number of fused-ring (bicyclic) bond motifs is 28. The first kappa shape index (κ1) is 80.4. The van der Waals surface area contributed by atoms with Gasteiger partial charge < -0.3 is 88.9 Å². The third-order valence-corrected chi connectivity index (χ3v) is 27.4. The van der Waals surface area contributed by atoms with E-state index in [1.807, 2.05) is 84.9 Å². The molecule has 2 amide bonds. The van der Waals surface area contributed by atoms with Gasteiger partial charge in [0.1, 0.15) is 41.0 Å². The Kier molecular flexibility index (Phi) is 22.7. The molecular weight excluding hydrogens is 1490 g/mol. The van der Waals surface area contributed by atoms with Gasteiger partial charge in [-0.05, 0) is 287 Å². The summed E-state index contributed by atoms with van der Waals surface area (Å²) in [7, 11) is 9.66. The van der Waals surface area contributed by atoms with Gasteiger partial charge in [-0.2, -0.15) is 0 Å². The van der Waals surface area contributed by atoms with E-state index in [-0.39, 0.29) is 87.4 Å². The van der Waals surface area contributed by atoms with E-state index in [0.29, 0.717) is 65.2 Å². The van der Waals surface area contributed by atoms with Gasteiger partial charge in [0.2, 0.25) is 0 Å². The number of hydroxylamine groups is 3. The van der Waals surface area contributed by atoms with Gasteiger partial charge >= 0.3 is 0 Å². The van der Waals surface area contributed by atoms with Crippen LogP contribution in [0.15, 0.2) is 109 Å². The van der Waals surface area contributed by atoms with Crippen molar-refractivity contribution < 1.29 is 83.5 Å². The number of carbonyl (C=O) groups is 2. The molecule has 8 N–H and O–H groups in total. The first-order valence-electron chi connectivity index (χ1n) is 41.8. The molecule has 0 saturated carbocycles. The lowest BCUT2D eigenvalue weighted by molar-refractivity contribution is -0.907. The van der Waals surface area contributed by atoms with Gasteiger partial charge in [-0.15, -0.1) is 0 Å². The van der Waals surface area contributed by atoms with Gasteiger partial charge in [0.25, 0.3) is 11.8 Å². The molecule has 20 rings (SSSR count). The Bertz CT molecular complexity index is 6000. The van der Waals surface area contributed by atoms with E-state index in [9.17, 15) is 55.6 Å². The van der Waals surface area contributed by atoms with E-state index >= 15 is 0 Å². The Labute approximate surface area is 685 Å². The molecular formula is C97H106N4O17. The third kappa shape index (κ3) is 13.7. The highest BCUT2D eigenvalue weighted by molar-refractivity contribution is 6.22. The molecule has 4 saturated heterocycles. The minimum Gasteiger partial charge on any atom is -0.632 e. The summed E-state index contributed by atoms with van der Waals surface area (Å²) < 4.78 is 33.1. The van der Waals surface area contributed by atoms with Gasteiger partial charge in [-0.3, -0.25) is 14.5 Å². The predicted octanol–water partition coefficient (Wildman–Crippen LogP) is 14.5. The fourth-order valence-corrected chi connectivity index (χ4v) is 21.5. The monoisotopic (exact) mass is 1600 g/mol. The van der Waals surface area contributed by atoms with Crippen LogP contribution in [0.1, 0.15) is 169 Å². The molecule has 0 radical (unpaired) electrons. The van der Waals surface area contributed by atoms with Crippen LogP contribution in [0, 0.1) is 5.21 Å². The molecule has 118 heavy (non-hydrogen) atoms. The largest absolute Gasteiger partial charge is 0.632 e. The smallest absolute Gasteiger partial charge is 0.255 e. The highest BCUT2D eigenvalue weighted by atomic mass is 16.5. The number of aliphatic hydroxyl groups excluding tert-OH is 8. The summed E-state index contributed by atoms with van der Waals surface area (Å²) in [4.78, 5) is 33.9. The Balaban J connectivity index is 0.000000113. The van der Waals surface area contributed by atoms with Crippen LogP contribution in [0.5, 0.6) is 34.5 Å². The Hall–Kier alpha value is -9.98. The highest BCUT2D eigenvalue weighted by Crippen LogP contribution is 2.51. The number of rotatable bonds is 14. The standard InChI is InChI=1S/C25H29NO6.2C24H25NO4.C24H27NO3/c1-31-23-8-17-18(6-14(23)11-27)25-19(9-24(32-2)21(12-28)22(25)13-29)16-7-15-4-3-5-26(15,30)10-20(16)17;1-28-16-6-7-17-18-9-14(13-26)22(29-2)12-19(18)20-10-15-5-3-4-8-25(15)24(27)23(20)21(17)11-16;1-29-22-11-20-19(9-15(22)13-27)18-8-14(12-26)5-6-17(18)23-21(20)10-16-4-2-3-7-25(16)24(23)28;1-28-24-11-22-20(9-16(24)14-27)19-8-15(13-26)5-6-18(19)23-12-25-7-3-2-4-17(25)10-21(22)23/h6,8-9,15,27-29H,3-5,7,10-13H2,1-2H3;6-7,9,11-12,15,26H,3-5,8,10,13H2,1-2H3;5-6,8-9,11,16,26-27H,2-4,7,10,12-13H2,1H3;5-6,8-9,11,17,26-27H,2-4,7,10,12-14H2,1H3. The molecule has 0 spiro atoms. The van der Waals surface area contributed by atoms with E-state index in [4.69, 9.17) is 28.4 Å². The zero-order valence-corrected chi connectivity index (χ0v) is 68.2. The molecule has 8 aliphatic heterocycles. The van der Waals surface area contributed by atoms with Gasteiger partial charge in [-0.25, -0.2) is 0 Å². The molecule has 4 fully saturated rings. The van der Waals surface area contributed by atoms with Crippen molar-refractivity contribution in [1.29, 1.82) is 0 Å². The maximum Gasteiger partial charge on any atom is 0.255 e. The topological polar surface area (TPSA) is 284 Å². The SMILES string of the molecule is COc1cc2c3c(c4cc(OC)c(CO)c(CO)c4c2cc1CO)CC1CCC[N+]1([O-])C3.COc1cc2c3c(c4ccc(CO)cc4c2cc1CO)C(=O)N1CCCCC1C3.COc1cc2c3c(c4ccc(CO)cc4c2cc1CO)CN1CCCCC1C3.COc1ccc2c(c1)c1c(c3cc(OC)c(CO)cc32)CC2CCCCN2C1=O. The van der Waals surface area contributed by atoms with Crippen molar-refractivity contribution in [2.45, 2.75) is 186 Å². The van der Waals surface area contributed by atoms with Crippen molar-refractivity contribution in [2.75, 3.05) is 68.8 Å². The van der Waals surface area contributed by atoms with Crippen molar-refractivity contribution >= 4 is 98.0 Å². The van der Waals surface area contributed by atoms with E-state index in [2.05, 4.69) is 39.0 Å². The second-order valence-corrected chi connectivity index (χ2v) is 33.2. The maximum absolute atomic E-state index is 13.6. The van der Waals surface area contributed by atoms with Crippen molar-refractivity contribution in [3.05, 3.63) is 203 Å². The van der Waals surface area contributed by atoms with Gasteiger partial charge in [0, 0.05) is 90.4 Å². The van der Waals surface area contributed by atoms with Crippen LogP contribution in [0.25, 0.3) is 86.2 Å². The molecule has 12 aromatic carbocycles. The molecule has 12 aromatic rings. The molecule has 0 bridgehead atoms. The molecule has 21 nitrogen and oxygen atoms in total. The lowest BCUT2D eigenvalue weighted by atomic mass is 9.81. The maximum atomic E-state index is 13.6. The van der Waals surface area contributed by atoms with Gasteiger partial charge in [-0.1, -0.05) is 36.8 Å². The fraction of sp³-hybridized carbons (Fsp3) is 0.402. The number of ether oxygens (including phenoxy) is 6. The molecule has 5 unspecified atom stereocenters. The van der Waals surface area contributed by atoms with Crippen LogP contribution in [-0.4, -0.2) is 165 Å². The van der Waals surface area contributed by atoms with Crippen LogP contribution >= 0.6 is 0 Å². The average Bonchev–Trinajstić information content (AvgIpc) is 1.04. The van der Waals surface area contributed by atoms with E-state index in [0.717, 1.165) is 232 Å². The number of hydrogen-bond donors (Lipinski definition) is 8. The van der Waals surface area contributed by atoms with Gasteiger partial charge in [0.15, 0.2) is 0 Å². The number of piperidine rings is 3. The summed E-state index contributed by atoms with van der Waals surface area (Å²) in [5, 5.41) is 109. The van der Waals surface area contributed by atoms with Crippen LogP contribution in [0.3, 0.4) is 0 Å². The molecule has 8 heterocycles. The van der Waals surface area contributed by atoms with Crippen molar-refractivity contribution in [3.8, 4) is 34.5 Å². The Morgan fingerprint density at radius 2 is 0.797 bits per heavy atom. The molecule has 0 aliphatic carbocycles. The summed E-state index contributed by atoms with van der Waals surface area (Å²) in [6.07, 6.45) is 15.7. The number of hydrogen-bond acceptors (Lipinski definition) is 18. The van der Waals surface area contributed by atoms with Crippen LogP contribution < -0.4 is 28.4 Å². The molecule has 0 aromatic heterocycles. The first-order chi connectivity index (χ1) is 57.5. The summed E-state index contributed by atoms with van der Waals surface area (Å²) in [6.45, 7) is 3.86. The van der Waals surface area contributed by atoms with Crippen molar-refractivity contribution in [1.82, 2.24) is 14.7 Å². The fourth-order valence-electron chi connectivity index (χ4n) is 21.5. The summed E-state index contributed by atoms with van der Waals surface area (Å²) >= 11 is 0. The molecule has 5 atom stereocenters. The number of aliphatic hydroxyl groups is 8. The molecule has 21 heteroatoms. The first-order valence-corrected chi connectivity index (χ1v) is 41.8. The Morgan fingerprint density at radius 1 is 0.356 bits per heavy atom. The lowest BCUT2D eigenvalue weighted by Gasteiger charge is -2.48. The molecule has 8 aliphatic rings. The van der Waals surface area contributed by atoms with Crippen LogP contribution in [0.4, 0.5) is 0 Å².